The molecule has 12 rings (SSSR count). The number of nitrogens with zero attached hydrogens (tertiary/aromatic N) is 4. The highest BCUT2D eigenvalue weighted by molar-refractivity contribution is 7.27. The largest absolute Gasteiger partial charge is 0.278 e. The van der Waals surface area contributed by atoms with Gasteiger partial charge in [0.2, 0.25) is 5.95 Å². The lowest BCUT2D eigenvalue weighted by Gasteiger charge is -2.11. The van der Waals surface area contributed by atoms with Gasteiger partial charge < -0.3 is 0 Å². The smallest absolute Gasteiger partial charge is 0.238 e. The fourth-order valence-corrected chi connectivity index (χ4v) is 9.50. The van der Waals surface area contributed by atoms with Crippen molar-refractivity contribution in [1.82, 2.24) is 19.5 Å². The molecule has 266 valence electrons. The summed E-state index contributed by atoms with van der Waals surface area (Å²) in [5, 5.41) is 0.992. The average Bonchev–Trinajstić information content (AvgIpc) is 4.21. The van der Waals surface area contributed by atoms with E-state index in [2.05, 4.69) is 0 Å². The monoisotopic (exact) mass is 781 g/mol. The molecule has 0 bridgehead atoms. The van der Waals surface area contributed by atoms with E-state index in [4.69, 9.17) is 30.0 Å². The van der Waals surface area contributed by atoms with Gasteiger partial charge in [-0.3, -0.25) is 4.57 Å². The number of aromatic nitrogens is 4. The standard InChI is InChI=1S/C51H30N4S2/c1-3-12-31(13-4-1)32-22-24-34(25-23-32)49-52-50(35-26-27-40-45(30-35)56-44-21-11-18-36(46(40)44)33-14-5-2-6-15-33)54-51(53-49)55-41-19-9-7-17-39(41)47-42(55)29-28-38-37-16-8-10-20-43(37)57-48(38)47/h1-30H/i2D,5D,6D,7D,8D,9D,10D,14D,15D,16D,17D,19D,20D,22D,23D,24D,25D,28D,29D. The van der Waals surface area contributed by atoms with Crippen LogP contribution in [0.2, 0.25) is 0 Å². The van der Waals surface area contributed by atoms with Gasteiger partial charge in [-0.2, -0.15) is 9.97 Å². The van der Waals surface area contributed by atoms with Gasteiger partial charge in [0.1, 0.15) is 0 Å². The number of rotatable bonds is 5. The minimum Gasteiger partial charge on any atom is -0.278 e. The van der Waals surface area contributed by atoms with Gasteiger partial charge in [0, 0.05) is 62.2 Å². The van der Waals surface area contributed by atoms with Crippen molar-refractivity contribution in [2.24, 2.45) is 0 Å². The van der Waals surface area contributed by atoms with E-state index in [1.807, 2.05) is 6.07 Å². The first-order valence-corrected chi connectivity index (χ1v) is 19.1. The summed E-state index contributed by atoms with van der Waals surface area (Å²) in [5.74, 6) is -0.975. The second-order valence-corrected chi connectivity index (χ2v) is 15.0. The Kier molecular flexibility index (Phi) is 4.21. The molecule has 0 aliphatic rings. The topological polar surface area (TPSA) is 43.6 Å². The Bertz CT molecular complexity index is 4590. The molecule has 0 atom stereocenters. The van der Waals surface area contributed by atoms with Crippen LogP contribution in [0, 0.1) is 0 Å². The molecule has 0 radical (unpaired) electrons. The summed E-state index contributed by atoms with van der Waals surface area (Å²) in [6.45, 7) is 0. The van der Waals surface area contributed by atoms with Gasteiger partial charge in [0.15, 0.2) is 11.6 Å². The minimum atomic E-state index is -0.685. The lowest BCUT2D eigenvalue weighted by atomic mass is 9.99. The van der Waals surface area contributed by atoms with Crippen LogP contribution < -0.4 is 0 Å². The minimum absolute atomic E-state index is 0.00126. The molecule has 0 aliphatic carbocycles. The molecule has 0 spiro atoms. The van der Waals surface area contributed by atoms with Crippen LogP contribution >= 0.6 is 22.7 Å². The number of para-hydroxylation sites is 1. The molecule has 6 heteroatoms. The van der Waals surface area contributed by atoms with Gasteiger partial charge in [0.25, 0.3) is 0 Å². The van der Waals surface area contributed by atoms with Crippen molar-refractivity contribution in [3.05, 3.63) is 182 Å². The molecule has 4 aromatic heterocycles. The van der Waals surface area contributed by atoms with Crippen molar-refractivity contribution < 1.29 is 26.0 Å². The predicted molar refractivity (Wildman–Crippen MR) is 242 cm³/mol. The third kappa shape index (κ3) is 5.15. The molecule has 8 aromatic carbocycles. The Balaban J connectivity index is 1.20. The average molecular weight is 782 g/mol. The SMILES string of the molecule is [2H]c1c([2H])c([2H])c(-c2cccc3sc4cc(-c5nc(-c6c([2H])c([2H])c(-c7ccccc7)c([2H])c6[2H])nc(-n6c7c([2H])c([2H])c([2H])c([2H])c7c7c8sc9c([2H])c([2H])c([2H])c([2H])c9c8c([2H])c([2H])c76)n5)ccc4c23)c([2H])c1[2H]. The van der Waals surface area contributed by atoms with Crippen LogP contribution in [0.4, 0.5) is 0 Å². The zero-order valence-electron chi connectivity index (χ0n) is 48.0. The van der Waals surface area contributed by atoms with Crippen LogP contribution in [0.5, 0.6) is 0 Å². The molecule has 12 aromatic rings. The third-order valence-electron chi connectivity index (χ3n) is 9.73. The van der Waals surface area contributed by atoms with Crippen molar-refractivity contribution in [3.8, 4) is 51.0 Å². The molecule has 57 heavy (non-hydrogen) atoms. The van der Waals surface area contributed by atoms with E-state index in [-0.39, 0.29) is 82.1 Å². The zero-order chi connectivity index (χ0) is 54.0. The van der Waals surface area contributed by atoms with E-state index in [1.54, 1.807) is 60.7 Å². The van der Waals surface area contributed by atoms with Crippen molar-refractivity contribution >= 4 is 84.8 Å². The molecule has 4 heterocycles. The maximum absolute atomic E-state index is 9.68. The quantitative estimate of drug-likeness (QED) is 0.175. The first-order chi connectivity index (χ1) is 36.2. The van der Waals surface area contributed by atoms with Crippen LogP contribution in [0.25, 0.3) is 113 Å². The summed E-state index contributed by atoms with van der Waals surface area (Å²) < 4.78 is 172. The molecular weight excluding hydrogens is 733 g/mol. The number of thiophene rings is 2. The van der Waals surface area contributed by atoms with E-state index < -0.39 is 114 Å². The highest BCUT2D eigenvalue weighted by atomic mass is 32.1. The Morgan fingerprint density at radius 1 is 0.421 bits per heavy atom. The Hall–Kier alpha value is -6.99. The van der Waals surface area contributed by atoms with Gasteiger partial charge in [0.05, 0.1) is 37.1 Å². The van der Waals surface area contributed by atoms with E-state index in [0.29, 0.717) is 31.3 Å². The highest BCUT2D eigenvalue weighted by Gasteiger charge is 2.21. The van der Waals surface area contributed by atoms with Crippen molar-refractivity contribution in [2.45, 2.75) is 0 Å². The summed E-state index contributed by atoms with van der Waals surface area (Å²) in [6.07, 6.45) is 0. The van der Waals surface area contributed by atoms with E-state index >= 15 is 0 Å². The summed E-state index contributed by atoms with van der Waals surface area (Å²) in [7, 11) is 0. The Labute approximate surface area is 362 Å². The third-order valence-corrected chi connectivity index (χ3v) is 12.0. The molecule has 0 aliphatic heterocycles. The second kappa shape index (κ2) is 12.8. The summed E-state index contributed by atoms with van der Waals surface area (Å²) >= 11 is 2.18. The van der Waals surface area contributed by atoms with Crippen LogP contribution in [0.3, 0.4) is 0 Å². The maximum Gasteiger partial charge on any atom is 0.238 e. The number of fused-ring (bicyclic) bond motifs is 10. The highest BCUT2D eigenvalue weighted by Crippen LogP contribution is 2.44. The lowest BCUT2D eigenvalue weighted by molar-refractivity contribution is 0.954. The van der Waals surface area contributed by atoms with Crippen molar-refractivity contribution in [1.29, 1.82) is 0 Å². The van der Waals surface area contributed by atoms with Crippen molar-refractivity contribution in [2.75, 3.05) is 0 Å². The van der Waals surface area contributed by atoms with E-state index in [1.165, 1.54) is 11.3 Å². The van der Waals surface area contributed by atoms with Gasteiger partial charge in [-0.15, -0.1) is 22.7 Å². The summed E-state index contributed by atoms with van der Waals surface area (Å²) in [4.78, 5) is 14.5. The van der Waals surface area contributed by atoms with E-state index in [0.717, 1.165) is 15.9 Å². The number of hydrogen-bond donors (Lipinski definition) is 0. The predicted octanol–water partition coefficient (Wildman–Crippen LogP) is 14.4. The van der Waals surface area contributed by atoms with Crippen LogP contribution in [0.1, 0.15) is 26.0 Å². The van der Waals surface area contributed by atoms with Crippen molar-refractivity contribution in [3.63, 3.8) is 0 Å². The summed E-state index contributed by atoms with van der Waals surface area (Å²) in [5.41, 5.74) is 0.261. The van der Waals surface area contributed by atoms with Crippen LogP contribution in [0.15, 0.2) is 182 Å². The van der Waals surface area contributed by atoms with Gasteiger partial charge >= 0.3 is 0 Å². The lowest BCUT2D eigenvalue weighted by Crippen LogP contribution is -2.06. The first-order valence-electron chi connectivity index (χ1n) is 27.0. The molecule has 4 nitrogen and oxygen atoms in total. The van der Waals surface area contributed by atoms with E-state index in [9.17, 15) is 11.0 Å². The van der Waals surface area contributed by atoms with Gasteiger partial charge in [-0.25, -0.2) is 4.98 Å². The molecule has 0 amide bonds. The summed E-state index contributed by atoms with van der Waals surface area (Å²) in [6, 6.07) is 8.94. The molecular formula is C51H30N4S2. The second-order valence-electron chi connectivity index (χ2n) is 12.9. The van der Waals surface area contributed by atoms with Crippen LogP contribution in [-0.2, 0) is 0 Å². The molecule has 0 fully saturated rings. The molecule has 0 saturated heterocycles. The Morgan fingerprint density at radius 3 is 2.04 bits per heavy atom. The van der Waals surface area contributed by atoms with Crippen LogP contribution in [-0.4, -0.2) is 19.5 Å². The first kappa shape index (κ1) is 18.8. The molecule has 0 saturated carbocycles. The normalized spacial score (nSPS) is 16.5. The van der Waals surface area contributed by atoms with Gasteiger partial charge in [-0.1, -0.05) is 151 Å². The number of hydrogen-bond acceptors (Lipinski definition) is 5. The fraction of sp³-hybridized carbons (Fsp3) is 0. The maximum atomic E-state index is 9.68. The Morgan fingerprint density at radius 2 is 1.18 bits per heavy atom. The number of benzene rings is 8. The molecule has 0 unspecified atom stereocenters. The zero-order valence-corrected chi connectivity index (χ0v) is 30.6. The van der Waals surface area contributed by atoms with Gasteiger partial charge in [-0.05, 0) is 52.5 Å². The molecule has 0 N–H and O–H groups in total. The fourth-order valence-electron chi connectivity index (χ4n) is 7.21.